The number of rotatable bonds is 4. The molecule has 1 aliphatic rings. The van der Waals surface area contributed by atoms with Crippen molar-refractivity contribution < 1.29 is 14.3 Å². The van der Waals surface area contributed by atoms with Gasteiger partial charge in [0.15, 0.2) is 0 Å². The molecule has 2 heterocycles. The largest absolute Gasteiger partial charge is 0.450 e. The number of hydrogen-bond donors (Lipinski definition) is 1. The number of nitrogens with one attached hydrogen (secondary N) is 1. The smallest absolute Gasteiger partial charge is 0.409 e. The molecule has 1 aromatic heterocycles. The number of anilines is 2. The molecule has 0 radical (unpaired) electrons. The summed E-state index contributed by atoms with van der Waals surface area (Å²) < 4.78 is 5.03. The fraction of sp³-hybridized carbons (Fsp3) is 0.316. The molecule has 1 saturated heterocycles. The highest BCUT2D eigenvalue weighted by atomic mass is 35.5. The number of halogens is 1. The van der Waals surface area contributed by atoms with Gasteiger partial charge in [-0.2, -0.15) is 0 Å². The van der Waals surface area contributed by atoms with Crippen LogP contribution in [0, 0.1) is 0 Å². The van der Waals surface area contributed by atoms with Crippen molar-refractivity contribution in [3.63, 3.8) is 0 Å². The molecule has 1 N–H and O–H groups in total. The Hall–Kier alpha value is -2.80. The van der Waals surface area contributed by atoms with Gasteiger partial charge in [0.2, 0.25) is 0 Å². The van der Waals surface area contributed by atoms with E-state index in [-0.39, 0.29) is 12.0 Å². The van der Waals surface area contributed by atoms with Crippen molar-refractivity contribution in [3.8, 4) is 0 Å². The Bertz CT molecular complexity index is 822. The molecule has 3 rings (SSSR count). The first-order valence-corrected chi connectivity index (χ1v) is 9.14. The second-order valence-electron chi connectivity index (χ2n) is 6.04. The molecule has 0 aliphatic carbocycles. The van der Waals surface area contributed by atoms with Gasteiger partial charge >= 0.3 is 6.09 Å². The molecule has 27 heavy (non-hydrogen) atoms. The summed E-state index contributed by atoms with van der Waals surface area (Å²) in [6.07, 6.45) is 1.33. The zero-order valence-corrected chi connectivity index (χ0v) is 15.8. The molecule has 1 aliphatic heterocycles. The summed E-state index contributed by atoms with van der Waals surface area (Å²) in [6.45, 7) is 4.64. The first-order valence-electron chi connectivity index (χ1n) is 8.76. The van der Waals surface area contributed by atoms with Crippen molar-refractivity contribution in [2.24, 2.45) is 0 Å². The number of carbonyl (C=O) groups excluding carboxylic acids is 2. The molecule has 2 amide bonds. The van der Waals surface area contributed by atoms with E-state index < -0.39 is 0 Å². The number of aromatic nitrogens is 1. The molecule has 0 atom stereocenters. The average molecular weight is 389 g/mol. The van der Waals surface area contributed by atoms with Crippen LogP contribution in [-0.2, 0) is 4.74 Å². The van der Waals surface area contributed by atoms with Gasteiger partial charge in [0.25, 0.3) is 5.91 Å². The first kappa shape index (κ1) is 19.0. The molecule has 8 heteroatoms. The molecular weight excluding hydrogens is 368 g/mol. The third-order valence-electron chi connectivity index (χ3n) is 4.23. The minimum Gasteiger partial charge on any atom is -0.450 e. The maximum absolute atomic E-state index is 12.5. The van der Waals surface area contributed by atoms with Gasteiger partial charge in [-0.15, -0.1) is 0 Å². The van der Waals surface area contributed by atoms with Crippen molar-refractivity contribution in [1.29, 1.82) is 0 Å². The molecular formula is C19H21ClN4O3. The Morgan fingerprint density at radius 3 is 2.67 bits per heavy atom. The van der Waals surface area contributed by atoms with Crippen LogP contribution in [0.25, 0.3) is 0 Å². The number of nitrogens with zero attached hydrogens (tertiary/aromatic N) is 3. The summed E-state index contributed by atoms with van der Waals surface area (Å²) in [5.41, 5.74) is 1.83. The summed E-state index contributed by atoms with van der Waals surface area (Å²) in [7, 11) is 0. The Morgan fingerprint density at radius 2 is 1.96 bits per heavy atom. The van der Waals surface area contributed by atoms with Gasteiger partial charge in [-0.1, -0.05) is 17.7 Å². The topological polar surface area (TPSA) is 74.8 Å². The van der Waals surface area contributed by atoms with Crippen molar-refractivity contribution >= 4 is 35.0 Å². The minimum atomic E-state index is -0.302. The van der Waals surface area contributed by atoms with Crippen LogP contribution < -0.4 is 10.2 Å². The summed E-state index contributed by atoms with van der Waals surface area (Å²) in [5, 5.41) is 3.34. The molecule has 7 nitrogen and oxygen atoms in total. The lowest BCUT2D eigenvalue weighted by Gasteiger charge is -2.35. The van der Waals surface area contributed by atoms with Crippen LogP contribution in [0.3, 0.4) is 0 Å². The van der Waals surface area contributed by atoms with E-state index in [1.807, 2.05) is 6.07 Å². The van der Waals surface area contributed by atoms with E-state index >= 15 is 0 Å². The quantitative estimate of drug-likeness (QED) is 0.870. The standard InChI is InChI=1S/C19H21ClN4O3/c1-2-27-19(26)24-10-8-23(9-11-24)16-6-7-21-17(13-16)18(25)22-15-5-3-4-14(20)12-15/h3-7,12-13H,2,8-11H2,1H3,(H,22,25). The Labute approximate surface area is 162 Å². The third kappa shape index (κ3) is 4.89. The van der Waals surface area contributed by atoms with E-state index in [1.54, 1.807) is 48.4 Å². The van der Waals surface area contributed by atoms with Crippen molar-refractivity contribution in [2.45, 2.75) is 6.92 Å². The molecule has 1 aromatic carbocycles. The summed E-state index contributed by atoms with van der Waals surface area (Å²) in [6, 6.07) is 10.6. The summed E-state index contributed by atoms with van der Waals surface area (Å²) in [4.78, 5) is 32.2. The number of benzene rings is 1. The van der Waals surface area contributed by atoms with Gasteiger partial charge in [0.05, 0.1) is 6.61 Å². The second kappa shape index (κ2) is 8.73. The molecule has 2 aromatic rings. The van der Waals surface area contributed by atoms with Gasteiger partial charge in [0, 0.05) is 48.8 Å². The Morgan fingerprint density at radius 1 is 1.19 bits per heavy atom. The maximum atomic E-state index is 12.5. The van der Waals surface area contributed by atoms with Gasteiger partial charge < -0.3 is 19.9 Å². The van der Waals surface area contributed by atoms with E-state index in [2.05, 4.69) is 15.2 Å². The molecule has 0 spiro atoms. The fourth-order valence-corrected chi connectivity index (χ4v) is 3.05. The van der Waals surface area contributed by atoms with Gasteiger partial charge in [-0.25, -0.2) is 4.79 Å². The van der Waals surface area contributed by atoms with Gasteiger partial charge in [-0.05, 0) is 37.3 Å². The van der Waals surface area contributed by atoms with Crippen molar-refractivity contribution in [1.82, 2.24) is 9.88 Å². The lowest BCUT2D eigenvalue weighted by atomic mass is 10.2. The van der Waals surface area contributed by atoms with Crippen LogP contribution in [0.15, 0.2) is 42.6 Å². The normalized spacial score (nSPS) is 14.0. The SMILES string of the molecule is CCOC(=O)N1CCN(c2ccnc(C(=O)Nc3cccc(Cl)c3)c2)CC1. The number of pyridine rings is 1. The van der Waals surface area contributed by atoms with Crippen LogP contribution in [0.1, 0.15) is 17.4 Å². The maximum Gasteiger partial charge on any atom is 0.409 e. The van der Waals surface area contributed by atoms with E-state index in [4.69, 9.17) is 16.3 Å². The zero-order valence-electron chi connectivity index (χ0n) is 15.0. The number of piperazine rings is 1. The molecule has 0 bridgehead atoms. The molecule has 0 unspecified atom stereocenters. The number of hydrogen-bond acceptors (Lipinski definition) is 5. The van der Waals surface area contributed by atoms with Crippen LogP contribution in [0.4, 0.5) is 16.2 Å². The van der Waals surface area contributed by atoms with Crippen LogP contribution >= 0.6 is 11.6 Å². The van der Waals surface area contributed by atoms with E-state index in [1.165, 1.54) is 0 Å². The Balaban J connectivity index is 1.64. The third-order valence-corrected chi connectivity index (χ3v) is 4.46. The van der Waals surface area contributed by atoms with Crippen molar-refractivity contribution in [2.75, 3.05) is 43.0 Å². The fourth-order valence-electron chi connectivity index (χ4n) is 2.86. The number of amides is 2. The molecule has 1 fully saturated rings. The van der Waals surface area contributed by atoms with Gasteiger partial charge in [-0.3, -0.25) is 9.78 Å². The number of carbonyl (C=O) groups is 2. The monoisotopic (exact) mass is 388 g/mol. The number of ether oxygens (including phenoxy) is 1. The summed E-state index contributed by atoms with van der Waals surface area (Å²) in [5.74, 6) is -0.302. The summed E-state index contributed by atoms with van der Waals surface area (Å²) >= 11 is 5.94. The van der Waals surface area contributed by atoms with Gasteiger partial charge in [0.1, 0.15) is 5.69 Å². The first-order chi connectivity index (χ1) is 13.1. The minimum absolute atomic E-state index is 0.284. The Kier molecular flexibility index (Phi) is 6.13. The highest BCUT2D eigenvalue weighted by molar-refractivity contribution is 6.30. The van der Waals surface area contributed by atoms with E-state index in [9.17, 15) is 9.59 Å². The predicted molar refractivity (Wildman–Crippen MR) is 104 cm³/mol. The van der Waals surface area contributed by atoms with Crippen LogP contribution in [0.5, 0.6) is 0 Å². The molecule has 0 saturated carbocycles. The lowest BCUT2D eigenvalue weighted by Crippen LogP contribution is -2.49. The lowest BCUT2D eigenvalue weighted by molar-refractivity contribution is 0.102. The van der Waals surface area contributed by atoms with Crippen molar-refractivity contribution in [3.05, 3.63) is 53.3 Å². The second-order valence-corrected chi connectivity index (χ2v) is 6.47. The zero-order chi connectivity index (χ0) is 19.2. The van der Waals surface area contributed by atoms with Crippen LogP contribution in [-0.4, -0.2) is 54.7 Å². The van der Waals surface area contributed by atoms with E-state index in [0.717, 1.165) is 5.69 Å². The highest BCUT2D eigenvalue weighted by Gasteiger charge is 2.22. The average Bonchev–Trinajstić information content (AvgIpc) is 2.68. The molecule has 142 valence electrons. The predicted octanol–water partition coefficient (Wildman–Crippen LogP) is 3.27. The van der Waals surface area contributed by atoms with E-state index in [0.29, 0.717) is 49.2 Å². The highest BCUT2D eigenvalue weighted by Crippen LogP contribution is 2.19. The van der Waals surface area contributed by atoms with Crippen LogP contribution in [0.2, 0.25) is 5.02 Å².